The van der Waals surface area contributed by atoms with Crippen LogP contribution in [0.15, 0.2) is 11.3 Å². The van der Waals surface area contributed by atoms with E-state index in [1.54, 1.807) is 14.0 Å². The summed E-state index contributed by atoms with van der Waals surface area (Å²) in [6, 6.07) is 0. The Balaban J connectivity index is 2.85. The van der Waals surface area contributed by atoms with E-state index in [1.807, 2.05) is 6.92 Å². The molecule has 0 radical (unpaired) electrons. The van der Waals surface area contributed by atoms with E-state index in [1.165, 1.54) is 0 Å². The van der Waals surface area contributed by atoms with Crippen LogP contribution in [0.4, 0.5) is 0 Å². The Morgan fingerprint density at radius 1 is 1.64 bits per heavy atom. The molecule has 1 heterocycles. The predicted octanol–water partition coefficient (Wildman–Crippen LogP) is 1.24. The number of carbonyl (C=O) groups excluding carboxylic acids is 1. The molecule has 0 saturated heterocycles. The smallest absolute Gasteiger partial charge is 0.337 e. The molecule has 0 bridgehead atoms. The van der Waals surface area contributed by atoms with E-state index in [4.69, 9.17) is 9.47 Å². The maximum atomic E-state index is 11.0. The number of esters is 1. The summed E-state index contributed by atoms with van der Waals surface area (Å²) in [5.41, 5.74) is 0.589. The summed E-state index contributed by atoms with van der Waals surface area (Å²) >= 11 is 0. The average Bonchev–Trinajstić information content (AvgIpc) is 1.96. The molecule has 0 amide bonds. The third-order valence-electron chi connectivity index (χ3n) is 1.75. The van der Waals surface area contributed by atoms with Crippen molar-refractivity contribution in [2.24, 2.45) is 0 Å². The molecule has 1 aliphatic heterocycles. The van der Waals surface area contributed by atoms with Crippen LogP contribution in [0.3, 0.4) is 0 Å². The van der Waals surface area contributed by atoms with Gasteiger partial charge in [-0.05, 0) is 13.8 Å². The van der Waals surface area contributed by atoms with Crippen molar-refractivity contribution in [2.45, 2.75) is 26.4 Å². The van der Waals surface area contributed by atoms with Gasteiger partial charge in [0.05, 0.1) is 12.7 Å². The molecule has 0 aromatic heterocycles. The maximum absolute atomic E-state index is 11.0. The van der Waals surface area contributed by atoms with E-state index >= 15 is 0 Å². The van der Waals surface area contributed by atoms with Crippen LogP contribution in [0, 0.1) is 0 Å². The second kappa shape index (κ2) is 2.95. The van der Waals surface area contributed by atoms with Crippen LogP contribution in [0.2, 0.25) is 0 Å². The van der Waals surface area contributed by atoms with Gasteiger partial charge in [0.15, 0.2) is 0 Å². The lowest BCUT2D eigenvalue weighted by molar-refractivity contribution is -0.145. The monoisotopic (exact) mass is 156 g/mol. The van der Waals surface area contributed by atoms with Gasteiger partial charge in [-0.1, -0.05) is 0 Å². The zero-order chi connectivity index (χ0) is 8.43. The summed E-state index contributed by atoms with van der Waals surface area (Å²) in [4.78, 5) is 11.0. The zero-order valence-electron chi connectivity index (χ0n) is 7.01. The molecule has 62 valence electrons. The molecular formula is C8H12O3. The quantitative estimate of drug-likeness (QED) is 0.536. The minimum absolute atomic E-state index is 0.0545. The van der Waals surface area contributed by atoms with Gasteiger partial charge in [-0.25, -0.2) is 4.79 Å². The summed E-state index contributed by atoms with van der Waals surface area (Å²) < 4.78 is 9.98. The van der Waals surface area contributed by atoms with Crippen molar-refractivity contribution < 1.29 is 14.3 Å². The number of methoxy groups -OCH3 is 1. The van der Waals surface area contributed by atoms with Crippen molar-refractivity contribution in [3.8, 4) is 0 Å². The summed E-state index contributed by atoms with van der Waals surface area (Å²) in [5, 5.41) is 0. The molecular weight excluding hydrogens is 144 g/mol. The zero-order valence-corrected chi connectivity index (χ0v) is 7.01. The summed E-state index contributed by atoms with van der Waals surface area (Å²) in [6.45, 7) is 3.57. The highest BCUT2D eigenvalue weighted by Crippen LogP contribution is 2.21. The van der Waals surface area contributed by atoms with E-state index in [2.05, 4.69) is 0 Å². The molecule has 0 aliphatic carbocycles. The van der Waals surface area contributed by atoms with Gasteiger partial charge in [-0.3, -0.25) is 0 Å². The van der Waals surface area contributed by atoms with Gasteiger partial charge in [0.1, 0.15) is 11.9 Å². The van der Waals surface area contributed by atoms with Gasteiger partial charge in [-0.15, -0.1) is 0 Å². The highest BCUT2D eigenvalue weighted by molar-refractivity contribution is 5.89. The SMILES string of the molecule is COC1=C(C)C(=O)OC(C)C1. The molecule has 1 unspecified atom stereocenters. The molecule has 11 heavy (non-hydrogen) atoms. The fraction of sp³-hybridized carbons (Fsp3) is 0.625. The van der Waals surface area contributed by atoms with Crippen molar-refractivity contribution in [1.82, 2.24) is 0 Å². The Morgan fingerprint density at radius 2 is 2.27 bits per heavy atom. The maximum Gasteiger partial charge on any atom is 0.337 e. The predicted molar refractivity (Wildman–Crippen MR) is 39.9 cm³/mol. The molecule has 1 rings (SSSR count). The van der Waals surface area contributed by atoms with Crippen LogP contribution >= 0.6 is 0 Å². The van der Waals surface area contributed by atoms with Gasteiger partial charge in [0.25, 0.3) is 0 Å². The topological polar surface area (TPSA) is 35.5 Å². The van der Waals surface area contributed by atoms with Gasteiger partial charge in [0, 0.05) is 6.42 Å². The Morgan fingerprint density at radius 3 is 2.82 bits per heavy atom. The summed E-state index contributed by atoms with van der Waals surface area (Å²) in [7, 11) is 1.57. The fourth-order valence-corrected chi connectivity index (χ4v) is 1.08. The summed E-state index contributed by atoms with van der Waals surface area (Å²) in [5.74, 6) is 0.481. The molecule has 0 saturated carbocycles. The van der Waals surface area contributed by atoms with Gasteiger partial charge >= 0.3 is 5.97 Å². The second-order valence-corrected chi connectivity index (χ2v) is 2.67. The van der Waals surface area contributed by atoms with Crippen molar-refractivity contribution >= 4 is 5.97 Å². The Hall–Kier alpha value is -0.990. The van der Waals surface area contributed by atoms with E-state index < -0.39 is 0 Å². The lowest BCUT2D eigenvalue weighted by Crippen LogP contribution is -2.23. The molecule has 0 aromatic carbocycles. The molecule has 0 spiro atoms. The van der Waals surface area contributed by atoms with Crippen molar-refractivity contribution in [3.05, 3.63) is 11.3 Å². The standard InChI is InChI=1S/C8H12O3/c1-5-4-7(10-3)6(2)8(9)11-5/h5H,4H2,1-3H3. The van der Waals surface area contributed by atoms with E-state index in [-0.39, 0.29) is 12.1 Å². The lowest BCUT2D eigenvalue weighted by Gasteiger charge is -2.21. The Bertz CT molecular complexity index is 205. The van der Waals surface area contributed by atoms with Gasteiger partial charge < -0.3 is 9.47 Å². The molecule has 1 atom stereocenters. The number of carbonyl (C=O) groups is 1. The van der Waals surface area contributed by atoms with Gasteiger partial charge in [0.2, 0.25) is 0 Å². The largest absolute Gasteiger partial charge is 0.500 e. The van der Waals surface area contributed by atoms with Crippen LogP contribution in [-0.2, 0) is 14.3 Å². The van der Waals surface area contributed by atoms with Crippen LogP contribution in [0.1, 0.15) is 20.3 Å². The third kappa shape index (κ3) is 1.53. The number of hydrogen-bond acceptors (Lipinski definition) is 3. The molecule has 1 aliphatic rings. The average molecular weight is 156 g/mol. The van der Waals surface area contributed by atoms with Crippen LogP contribution in [0.5, 0.6) is 0 Å². The highest BCUT2D eigenvalue weighted by atomic mass is 16.5. The van der Waals surface area contributed by atoms with E-state index in [0.717, 1.165) is 5.76 Å². The Labute approximate surface area is 66.0 Å². The number of ether oxygens (including phenoxy) is 2. The van der Waals surface area contributed by atoms with Crippen molar-refractivity contribution in [3.63, 3.8) is 0 Å². The number of rotatable bonds is 1. The molecule has 0 aromatic rings. The van der Waals surface area contributed by atoms with E-state index in [9.17, 15) is 4.79 Å². The molecule has 0 N–H and O–H groups in total. The second-order valence-electron chi connectivity index (χ2n) is 2.67. The molecule has 0 fully saturated rings. The first-order chi connectivity index (χ1) is 5.15. The van der Waals surface area contributed by atoms with E-state index in [0.29, 0.717) is 12.0 Å². The number of hydrogen-bond donors (Lipinski definition) is 0. The molecule has 3 heteroatoms. The van der Waals surface area contributed by atoms with Crippen LogP contribution in [0.25, 0.3) is 0 Å². The normalized spacial score (nSPS) is 25.0. The first-order valence-corrected chi connectivity index (χ1v) is 3.60. The van der Waals surface area contributed by atoms with Crippen LogP contribution in [-0.4, -0.2) is 19.2 Å². The molecule has 3 nitrogen and oxygen atoms in total. The first-order valence-electron chi connectivity index (χ1n) is 3.60. The minimum Gasteiger partial charge on any atom is -0.500 e. The van der Waals surface area contributed by atoms with Crippen LogP contribution < -0.4 is 0 Å². The van der Waals surface area contributed by atoms with Gasteiger partial charge in [-0.2, -0.15) is 0 Å². The van der Waals surface area contributed by atoms with Crippen molar-refractivity contribution in [2.75, 3.05) is 7.11 Å². The first kappa shape index (κ1) is 8.11. The lowest BCUT2D eigenvalue weighted by atomic mass is 10.1. The summed E-state index contributed by atoms with van der Waals surface area (Å²) in [6.07, 6.45) is 0.634. The van der Waals surface area contributed by atoms with Crippen molar-refractivity contribution in [1.29, 1.82) is 0 Å². The Kier molecular flexibility index (Phi) is 2.17. The third-order valence-corrected chi connectivity index (χ3v) is 1.75. The number of cyclic esters (lactones) is 1. The highest BCUT2D eigenvalue weighted by Gasteiger charge is 2.23. The minimum atomic E-state index is -0.263. The fourth-order valence-electron chi connectivity index (χ4n) is 1.08.